The normalized spacial score (nSPS) is 10.7. The first kappa shape index (κ1) is 27.1. The van der Waals surface area contributed by atoms with Crippen molar-refractivity contribution < 1.29 is 9.90 Å². The van der Waals surface area contributed by atoms with E-state index in [0.29, 0.717) is 6.42 Å². The third-order valence-corrected chi connectivity index (χ3v) is 5.56. The van der Waals surface area contributed by atoms with Gasteiger partial charge >= 0.3 is 0 Å². The standard InChI is InChI=1S/C9H12BrNOS.C5H3Br2N.C4H8OS/c1-13-5-4-8(12)7-2-3-9(10)11-6-7;6-4-1-2-5(7)8-3-4;1-6-4-2-3-5/h2-3,6,8,12H,4-5H2,1H3;1-3H;3H,2,4H2,1H3. The molecule has 2 rings (SSSR count). The number of carbonyl (C=O) groups excluding carboxylic acids is 1. The van der Waals surface area contributed by atoms with Gasteiger partial charge in [0.1, 0.15) is 15.5 Å². The van der Waals surface area contributed by atoms with E-state index in [1.54, 1.807) is 35.9 Å². The molecule has 0 aliphatic heterocycles. The molecule has 1 atom stereocenters. The highest BCUT2D eigenvalue weighted by Gasteiger charge is 2.06. The van der Waals surface area contributed by atoms with Gasteiger partial charge in [-0.15, -0.1) is 0 Å². The Morgan fingerprint density at radius 3 is 1.96 bits per heavy atom. The van der Waals surface area contributed by atoms with Crippen molar-refractivity contribution in [1.82, 2.24) is 9.97 Å². The Morgan fingerprint density at radius 2 is 1.59 bits per heavy atom. The summed E-state index contributed by atoms with van der Waals surface area (Å²) >= 11 is 13.2. The predicted molar refractivity (Wildman–Crippen MR) is 129 cm³/mol. The van der Waals surface area contributed by atoms with E-state index < -0.39 is 0 Å². The van der Waals surface area contributed by atoms with Crippen molar-refractivity contribution in [2.75, 3.05) is 24.0 Å². The topological polar surface area (TPSA) is 63.1 Å². The molecule has 9 heteroatoms. The number of hydrogen-bond donors (Lipinski definition) is 1. The summed E-state index contributed by atoms with van der Waals surface area (Å²) in [5, 5.41) is 9.67. The lowest BCUT2D eigenvalue weighted by Gasteiger charge is -2.08. The summed E-state index contributed by atoms with van der Waals surface area (Å²) in [6.07, 6.45) is 9.50. The lowest BCUT2D eigenvalue weighted by Crippen LogP contribution is -1.99. The Hall–Kier alpha value is 0.0700. The molecule has 0 aliphatic carbocycles. The Bertz CT molecular complexity index is 596. The van der Waals surface area contributed by atoms with Crippen molar-refractivity contribution in [3.05, 3.63) is 55.9 Å². The highest BCUT2D eigenvalue weighted by molar-refractivity contribution is 9.11. The minimum atomic E-state index is -0.381. The molecule has 4 nitrogen and oxygen atoms in total. The van der Waals surface area contributed by atoms with Gasteiger partial charge < -0.3 is 9.90 Å². The van der Waals surface area contributed by atoms with Gasteiger partial charge in [-0.2, -0.15) is 23.5 Å². The number of pyridine rings is 2. The van der Waals surface area contributed by atoms with Crippen LogP contribution in [0.4, 0.5) is 0 Å². The van der Waals surface area contributed by atoms with Crippen molar-refractivity contribution in [1.29, 1.82) is 0 Å². The number of hydrogen-bond acceptors (Lipinski definition) is 6. The van der Waals surface area contributed by atoms with Crippen LogP contribution < -0.4 is 0 Å². The maximum atomic E-state index is 9.67. The van der Waals surface area contributed by atoms with Gasteiger partial charge in [-0.25, -0.2) is 9.97 Å². The summed E-state index contributed by atoms with van der Waals surface area (Å²) in [5.74, 6) is 1.93. The van der Waals surface area contributed by atoms with E-state index in [2.05, 4.69) is 57.8 Å². The van der Waals surface area contributed by atoms with Gasteiger partial charge in [-0.3, -0.25) is 0 Å². The molecule has 0 aromatic carbocycles. The van der Waals surface area contributed by atoms with E-state index >= 15 is 0 Å². The smallest absolute Gasteiger partial charge is 0.120 e. The van der Waals surface area contributed by atoms with Crippen molar-refractivity contribution in [2.45, 2.75) is 18.9 Å². The first-order valence-electron chi connectivity index (χ1n) is 7.92. The van der Waals surface area contributed by atoms with Crippen LogP contribution in [-0.2, 0) is 4.79 Å². The molecule has 0 bridgehead atoms. The van der Waals surface area contributed by atoms with Gasteiger partial charge in [0.25, 0.3) is 0 Å². The summed E-state index contributed by atoms with van der Waals surface area (Å²) < 4.78 is 2.66. The third-order valence-electron chi connectivity index (χ3n) is 2.86. The Labute approximate surface area is 195 Å². The van der Waals surface area contributed by atoms with E-state index in [0.717, 1.165) is 43.5 Å². The molecule has 2 aromatic rings. The van der Waals surface area contributed by atoms with Gasteiger partial charge in [-0.05, 0) is 102 Å². The number of aliphatic hydroxyl groups excluding tert-OH is 1. The van der Waals surface area contributed by atoms with Crippen LogP contribution in [0, 0.1) is 0 Å². The molecule has 2 aromatic heterocycles. The van der Waals surface area contributed by atoms with Gasteiger partial charge in [0.05, 0.1) is 6.10 Å². The van der Waals surface area contributed by atoms with Crippen LogP contribution in [0.5, 0.6) is 0 Å². The van der Waals surface area contributed by atoms with Gasteiger partial charge in [0.2, 0.25) is 0 Å². The number of aliphatic hydroxyl groups is 1. The average Bonchev–Trinajstić information content (AvgIpc) is 2.68. The van der Waals surface area contributed by atoms with E-state index in [9.17, 15) is 9.90 Å². The first-order valence-corrected chi connectivity index (χ1v) is 13.1. The number of rotatable bonds is 7. The number of aldehydes is 1. The highest BCUT2D eigenvalue weighted by atomic mass is 79.9. The SMILES string of the molecule is Brc1ccc(Br)nc1.CSCCC(O)c1ccc(Br)nc1.CSCCC=O. The molecule has 1 N–H and O–H groups in total. The Morgan fingerprint density at radius 1 is 1.00 bits per heavy atom. The highest BCUT2D eigenvalue weighted by Crippen LogP contribution is 2.18. The van der Waals surface area contributed by atoms with Crippen LogP contribution in [-0.4, -0.2) is 45.4 Å². The first-order chi connectivity index (χ1) is 12.9. The third kappa shape index (κ3) is 15.6. The van der Waals surface area contributed by atoms with Crippen molar-refractivity contribution >= 4 is 77.6 Å². The molecule has 0 saturated heterocycles. The second-order valence-corrected chi connectivity index (χ2v) is 9.47. The summed E-state index contributed by atoms with van der Waals surface area (Å²) in [7, 11) is 0. The Kier molecular flexibility index (Phi) is 18.2. The molecule has 0 radical (unpaired) electrons. The fourth-order valence-electron chi connectivity index (χ4n) is 1.50. The van der Waals surface area contributed by atoms with Crippen LogP contribution in [0.25, 0.3) is 0 Å². The zero-order valence-electron chi connectivity index (χ0n) is 15.1. The fourth-order valence-corrected chi connectivity index (χ4v) is 3.00. The minimum absolute atomic E-state index is 0.381. The molecule has 150 valence electrons. The maximum absolute atomic E-state index is 9.67. The molecule has 1 unspecified atom stereocenters. The molecule has 0 saturated carbocycles. The summed E-state index contributed by atoms with van der Waals surface area (Å²) in [6, 6.07) is 7.54. The number of thioether (sulfide) groups is 2. The van der Waals surface area contributed by atoms with Crippen LogP contribution in [0.1, 0.15) is 24.5 Å². The number of halogens is 3. The van der Waals surface area contributed by atoms with Crippen LogP contribution >= 0.6 is 71.3 Å². The number of carbonyl (C=O) groups is 1. The predicted octanol–water partition coefficient (Wildman–Crippen LogP) is 6.18. The quantitative estimate of drug-likeness (QED) is 0.232. The molecule has 0 amide bonds. The van der Waals surface area contributed by atoms with E-state index in [1.807, 2.05) is 36.8 Å². The van der Waals surface area contributed by atoms with Crippen LogP contribution in [0.3, 0.4) is 0 Å². The van der Waals surface area contributed by atoms with Crippen LogP contribution in [0.2, 0.25) is 0 Å². The van der Waals surface area contributed by atoms with Gasteiger partial charge in [0, 0.05) is 23.3 Å². The summed E-state index contributed by atoms with van der Waals surface area (Å²) in [5.41, 5.74) is 0.886. The van der Waals surface area contributed by atoms with Crippen molar-refractivity contribution in [3.8, 4) is 0 Å². The van der Waals surface area contributed by atoms with Gasteiger partial charge in [0.15, 0.2) is 0 Å². The maximum Gasteiger partial charge on any atom is 0.120 e. The second kappa shape index (κ2) is 18.1. The average molecular weight is 603 g/mol. The minimum Gasteiger partial charge on any atom is -0.388 e. The molecule has 0 aliphatic rings. The largest absolute Gasteiger partial charge is 0.388 e. The van der Waals surface area contributed by atoms with Crippen molar-refractivity contribution in [2.24, 2.45) is 0 Å². The lowest BCUT2D eigenvalue weighted by molar-refractivity contribution is -0.107. The van der Waals surface area contributed by atoms with Crippen molar-refractivity contribution in [3.63, 3.8) is 0 Å². The van der Waals surface area contributed by atoms with E-state index in [4.69, 9.17) is 0 Å². The van der Waals surface area contributed by atoms with E-state index in [-0.39, 0.29) is 6.10 Å². The lowest BCUT2D eigenvalue weighted by atomic mass is 10.1. The Balaban J connectivity index is 0.000000413. The van der Waals surface area contributed by atoms with E-state index in [1.165, 1.54) is 0 Å². The summed E-state index contributed by atoms with van der Waals surface area (Å²) in [6.45, 7) is 0. The molecule has 2 heterocycles. The molecule has 0 fully saturated rings. The number of aromatic nitrogens is 2. The second-order valence-electron chi connectivity index (χ2n) is 4.96. The summed E-state index contributed by atoms with van der Waals surface area (Å²) in [4.78, 5) is 17.6. The zero-order chi connectivity index (χ0) is 20.5. The molecule has 27 heavy (non-hydrogen) atoms. The van der Waals surface area contributed by atoms with Crippen LogP contribution in [0.15, 0.2) is 50.3 Å². The van der Waals surface area contributed by atoms with Gasteiger partial charge in [-0.1, -0.05) is 6.07 Å². The monoisotopic (exact) mass is 600 g/mol. The fraction of sp³-hybridized carbons (Fsp3) is 0.389. The molecule has 0 spiro atoms. The zero-order valence-corrected chi connectivity index (χ0v) is 21.5. The number of nitrogens with zero attached hydrogens (tertiary/aromatic N) is 2. The molecular formula is C18H23Br3N2O2S2. The molecular weight excluding hydrogens is 580 g/mol.